The minimum atomic E-state index is -0.853. The van der Waals surface area contributed by atoms with Crippen molar-refractivity contribution in [3.8, 4) is 0 Å². The predicted molar refractivity (Wildman–Crippen MR) is 122 cm³/mol. The Bertz CT molecular complexity index is 1210. The van der Waals surface area contributed by atoms with E-state index in [2.05, 4.69) is 5.32 Å². The molecule has 1 spiro atoms. The van der Waals surface area contributed by atoms with Gasteiger partial charge >= 0.3 is 0 Å². The molecule has 3 aromatic carbocycles. The molecule has 0 amide bonds. The number of aryl methyl sites for hydroxylation is 1. The number of rotatable bonds is 2. The molecule has 31 heavy (non-hydrogen) atoms. The van der Waals surface area contributed by atoms with Crippen LogP contribution in [0.15, 0.2) is 59.6 Å². The van der Waals surface area contributed by atoms with E-state index in [-0.39, 0.29) is 5.92 Å². The lowest BCUT2D eigenvalue weighted by Gasteiger charge is -2.48. The van der Waals surface area contributed by atoms with Gasteiger partial charge in [-0.3, -0.25) is 4.99 Å². The zero-order valence-corrected chi connectivity index (χ0v) is 18.3. The number of hydrogen-bond donors (Lipinski definition) is 1. The van der Waals surface area contributed by atoms with Crippen molar-refractivity contribution < 1.29 is 8.78 Å². The van der Waals surface area contributed by atoms with E-state index in [9.17, 15) is 4.39 Å². The molecular weight excluding hydrogens is 437 g/mol. The van der Waals surface area contributed by atoms with Crippen molar-refractivity contribution in [1.82, 2.24) is 5.32 Å². The predicted octanol–water partition coefficient (Wildman–Crippen LogP) is 7.05. The zero-order valence-electron chi connectivity index (χ0n) is 16.8. The van der Waals surface area contributed by atoms with Crippen LogP contribution in [-0.2, 0) is 5.41 Å². The molecule has 2 aliphatic rings. The molecule has 0 unspecified atom stereocenters. The maximum atomic E-state index is 15.2. The topological polar surface area (TPSA) is 24.4 Å². The second-order valence-corrected chi connectivity index (χ2v) is 9.10. The van der Waals surface area contributed by atoms with E-state index in [4.69, 9.17) is 28.2 Å². The largest absolute Gasteiger partial charge is 0.309 e. The third kappa shape index (κ3) is 3.20. The first-order valence-corrected chi connectivity index (χ1v) is 11.0. The summed E-state index contributed by atoms with van der Waals surface area (Å²) in [6.07, 6.45) is 2.68. The molecule has 0 saturated carbocycles. The summed E-state index contributed by atoms with van der Waals surface area (Å²) in [7, 11) is 0. The quantitative estimate of drug-likeness (QED) is 0.438. The molecule has 3 aromatic rings. The van der Waals surface area contributed by atoms with Crippen LogP contribution in [0, 0.1) is 18.6 Å². The van der Waals surface area contributed by atoms with E-state index in [0.29, 0.717) is 27.7 Å². The Morgan fingerprint density at radius 3 is 2.65 bits per heavy atom. The van der Waals surface area contributed by atoms with Crippen molar-refractivity contribution in [2.75, 3.05) is 6.54 Å². The van der Waals surface area contributed by atoms with Crippen molar-refractivity contribution in [3.63, 3.8) is 0 Å². The average molecular weight is 457 g/mol. The lowest BCUT2D eigenvalue weighted by atomic mass is 9.60. The number of piperidine rings is 1. The lowest BCUT2D eigenvalue weighted by molar-refractivity contribution is 0.262. The molecule has 5 rings (SSSR count). The Morgan fingerprint density at radius 2 is 1.84 bits per heavy atom. The monoisotopic (exact) mass is 456 g/mol. The van der Waals surface area contributed by atoms with E-state index < -0.39 is 23.1 Å². The Morgan fingerprint density at radius 1 is 1.03 bits per heavy atom. The molecule has 158 valence electrons. The summed E-state index contributed by atoms with van der Waals surface area (Å²) in [6.45, 7) is 2.46. The van der Waals surface area contributed by atoms with Crippen molar-refractivity contribution in [3.05, 3.63) is 98.5 Å². The van der Waals surface area contributed by atoms with Crippen LogP contribution in [0.25, 0.3) is 0 Å². The van der Waals surface area contributed by atoms with Gasteiger partial charge in [-0.05, 0) is 66.9 Å². The van der Waals surface area contributed by atoms with E-state index in [1.54, 1.807) is 6.07 Å². The number of nitrogens with zero attached hydrogens (tertiary/aromatic N) is 1. The fourth-order valence-corrected chi connectivity index (χ4v) is 5.60. The fraction of sp³-hybridized carbons (Fsp3) is 0.240. The van der Waals surface area contributed by atoms with Crippen LogP contribution in [0.2, 0.25) is 10.0 Å². The van der Waals surface area contributed by atoms with E-state index >= 15 is 4.39 Å². The van der Waals surface area contributed by atoms with Crippen molar-refractivity contribution in [2.24, 2.45) is 4.99 Å². The standard InChI is InChI=1S/C25H20Cl2F2N2/c1-14-5-8-20(28)23(29)22(14)24-25(13-31-21-12-17(27)6-7-19(21)25)18(9-10-30-24)15-3-2-4-16(26)11-15/h2-8,11-13,18,24,30H,9-10H2,1H3/t18-,24-,25-/m0/s1. The van der Waals surface area contributed by atoms with Gasteiger partial charge in [-0.2, -0.15) is 0 Å². The van der Waals surface area contributed by atoms with Gasteiger partial charge in [0.1, 0.15) is 0 Å². The van der Waals surface area contributed by atoms with Gasteiger partial charge in [-0.15, -0.1) is 0 Å². The molecule has 1 saturated heterocycles. The van der Waals surface area contributed by atoms with Gasteiger partial charge < -0.3 is 5.32 Å². The van der Waals surface area contributed by atoms with Crippen LogP contribution in [-0.4, -0.2) is 12.8 Å². The molecular formula is C25H20Cl2F2N2. The highest BCUT2D eigenvalue weighted by atomic mass is 35.5. The Labute approximate surface area is 189 Å². The fourth-order valence-electron chi connectivity index (χ4n) is 5.24. The molecule has 0 aromatic heterocycles. The highest BCUT2D eigenvalue weighted by Crippen LogP contribution is 2.56. The summed E-state index contributed by atoms with van der Waals surface area (Å²) in [5, 5.41) is 4.71. The number of aliphatic imine (C=N–C) groups is 1. The van der Waals surface area contributed by atoms with Crippen molar-refractivity contribution in [2.45, 2.75) is 30.7 Å². The maximum Gasteiger partial charge on any atom is 0.163 e. The average Bonchev–Trinajstić information content (AvgIpc) is 3.11. The normalized spacial score (nSPS) is 24.5. The molecule has 2 nitrogen and oxygen atoms in total. The third-order valence-electron chi connectivity index (χ3n) is 6.57. The first kappa shape index (κ1) is 20.6. The molecule has 1 fully saturated rings. The molecule has 6 heteroatoms. The van der Waals surface area contributed by atoms with Crippen molar-refractivity contribution in [1.29, 1.82) is 0 Å². The SMILES string of the molecule is Cc1ccc(F)c(F)c1[C@@H]1NCC[C@@H](c2cccc(Cl)c2)[C@]12C=Nc1cc(Cl)ccc12. The summed E-state index contributed by atoms with van der Waals surface area (Å²) in [4.78, 5) is 4.69. The summed E-state index contributed by atoms with van der Waals surface area (Å²) in [5.74, 6) is -1.71. The highest BCUT2D eigenvalue weighted by molar-refractivity contribution is 6.31. The molecule has 2 aliphatic heterocycles. The minimum Gasteiger partial charge on any atom is -0.309 e. The zero-order chi connectivity index (χ0) is 21.8. The second kappa shape index (κ2) is 7.70. The van der Waals surface area contributed by atoms with Gasteiger partial charge in [0.05, 0.1) is 17.1 Å². The van der Waals surface area contributed by atoms with Gasteiger partial charge in [-0.1, -0.05) is 47.5 Å². The Hall–Kier alpha value is -2.27. The lowest BCUT2D eigenvalue weighted by Crippen LogP contribution is -2.52. The van der Waals surface area contributed by atoms with Gasteiger partial charge in [-0.25, -0.2) is 8.78 Å². The van der Waals surface area contributed by atoms with E-state index in [1.165, 1.54) is 6.07 Å². The van der Waals surface area contributed by atoms with Crippen molar-refractivity contribution >= 4 is 35.1 Å². The van der Waals surface area contributed by atoms with Crippen LogP contribution >= 0.6 is 23.2 Å². The van der Waals surface area contributed by atoms with Gasteiger partial charge in [0, 0.05) is 27.7 Å². The number of benzene rings is 3. The maximum absolute atomic E-state index is 15.2. The first-order chi connectivity index (χ1) is 14.9. The smallest absolute Gasteiger partial charge is 0.163 e. The van der Waals surface area contributed by atoms with Crippen LogP contribution in [0.1, 0.15) is 40.6 Å². The van der Waals surface area contributed by atoms with Crippen LogP contribution < -0.4 is 5.32 Å². The Kier molecular flexibility index (Phi) is 5.12. The summed E-state index contributed by atoms with van der Waals surface area (Å²) < 4.78 is 29.6. The van der Waals surface area contributed by atoms with Crippen LogP contribution in [0.3, 0.4) is 0 Å². The number of nitrogens with one attached hydrogen (secondary N) is 1. The molecule has 3 atom stereocenters. The number of halogens is 4. The first-order valence-electron chi connectivity index (χ1n) is 10.2. The van der Waals surface area contributed by atoms with Gasteiger partial charge in [0.25, 0.3) is 0 Å². The Balaban J connectivity index is 1.79. The summed E-state index contributed by atoms with van der Waals surface area (Å²) in [6, 6.07) is 15.6. The van der Waals surface area contributed by atoms with E-state index in [1.807, 2.05) is 55.6 Å². The minimum absolute atomic E-state index is 0.0364. The highest BCUT2D eigenvalue weighted by Gasteiger charge is 2.53. The molecule has 0 aliphatic carbocycles. The third-order valence-corrected chi connectivity index (χ3v) is 7.04. The molecule has 2 heterocycles. The summed E-state index contributed by atoms with van der Waals surface area (Å²) >= 11 is 12.6. The van der Waals surface area contributed by atoms with Crippen LogP contribution in [0.5, 0.6) is 0 Å². The van der Waals surface area contributed by atoms with Gasteiger partial charge in [0.15, 0.2) is 11.6 Å². The number of hydrogen-bond acceptors (Lipinski definition) is 2. The number of fused-ring (bicyclic) bond motifs is 2. The second-order valence-electron chi connectivity index (χ2n) is 8.23. The molecule has 1 N–H and O–H groups in total. The summed E-state index contributed by atoms with van der Waals surface area (Å²) in [5.41, 5.74) is 3.05. The van der Waals surface area contributed by atoms with E-state index in [0.717, 1.165) is 23.2 Å². The molecule has 0 radical (unpaired) electrons. The van der Waals surface area contributed by atoms with Gasteiger partial charge in [0.2, 0.25) is 0 Å². The molecule has 0 bridgehead atoms. The van der Waals surface area contributed by atoms with Crippen LogP contribution in [0.4, 0.5) is 14.5 Å².